The molecule has 80 valence electrons. The number of hydrogen-bond donors (Lipinski definition) is 0. The van der Waals surface area contributed by atoms with Gasteiger partial charge in [-0.3, -0.25) is 0 Å². The van der Waals surface area contributed by atoms with E-state index in [2.05, 4.69) is 48.9 Å². The number of para-hydroxylation sites is 1. The summed E-state index contributed by atoms with van der Waals surface area (Å²) in [6.45, 7) is 7.19. The molecule has 0 atom stereocenters. The van der Waals surface area contributed by atoms with Crippen molar-refractivity contribution < 1.29 is 0 Å². The lowest BCUT2D eigenvalue weighted by molar-refractivity contribution is 1.31. The molecule has 1 aromatic heterocycles. The Labute approximate surface area is 99.9 Å². The zero-order valence-corrected chi connectivity index (χ0v) is 11.9. The van der Waals surface area contributed by atoms with Gasteiger partial charge in [0.15, 0.2) is 4.34 Å². The summed E-state index contributed by atoms with van der Waals surface area (Å²) in [4.78, 5) is 4.62. The van der Waals surface area contributed by atoms with Crippen LogP contribution in [0.3, 0.4) is 0 Å². The number of nitrogens with zero attached hydrogens (tertiary/aromatic N) is 1. The van der Waals surface area contributed by atoms with Gasteiger partial charge in [0.25, 0.3) is 0 Å². The van der Waals surface area contributed by atoms with E-state index in [9.17, 15) is 0 Å². The molecule has 2 aromatic rings. The first-order valence-electron chi connectivity index (χ1n) is 5.03. The van der Waals surface area contributed by atoms with Gasteiger partial charge in [0.1, 0.15) is 0 Å². The number of thiazole rings is 1. The molecule has 0 spiro atoms. The lowest BCUT2D eigenvalue weighted by atomic mass is 10.3. The highest BCUT2D eigenvalue weighted by Gasteiger charge is 2.14. The Hall–Kier alpha value is -0.323. The van der Waals surface area contributed by atoms with Crippen LogP contribution in [0.25, 0.3) is 10.2 Å². The van der Waals surface area contributed by atoms with Crippen LogP contribution in [0.15, 0.2) is 28.6 Å². The van der Waals surface area contributed by atoms with E-state index in [-0.39, 0.29) is 0 Å². The van der Waals surface area contributed by atoms with E-state index in [1.807, 2.05) is 23.1 Å². The number of fused-ring (bicyclic) bond motifs is 1. The summed E-state index contributed by atoms with van der Waals surface area (Å²) in [7, 11) is -0.959. The maximum absolute atomic E-state index is 4.62. The third-order valence-corrected chi connectivity index (χ3v) is 7.72. The van der Waals surface area contributed by atoms with Gasteiger partial charge in [0, 0.05) is 0 Å². The van der Waals surface area contributed by atoms with E-state index in [0.29, 0.717) is 0 Å². The molecule has 4 heteroatoms. The van der Waals surface area contributed by atoms with Crippen LogP contribution >= 0.6 is 23.1 Å². The van der Waals surface area contributed by atoms with Crippen molar-refractivity contribution in [3.8, 4) is 0 Å². The number of rotatable bonds is 3. The quantitative estimate of drug-likeness (QED) is 0.598. The van der Waals surface area contributed by atoms with Crippen molar-refractivity contribution in [2.75, 3.05) is 5.38 Å². The first-order chi connectivity index (χ1) is 7.04. The molecule has 1 nitrogen and oxygen atoms in total. The van der Waals surface area contributed by atoms with Crippen LogP contribution in [-0.4, -0.2) is 18.4 Å². The maximum Gasteiger partial charge on any atom is 0.150 e. The first-order valence-corrected chi connectivity index (χ1v) is 10.5. The topological polar surface area (TPSA) is 12.9 Å². The molecule has 15 heavy (non-hydrogen) atoms. The molecule has 0 amide bonds. The minimum absolute atomic E-state index is 0.959. The summed E-state index contributed by atoms with van der Waals surface area (Å²) in [5, 5.41) is 1.26. The Balaban J connectivity index is 2.16. The van der Waals surface area contributed by atoms with Crippen molar-refractivity contribution in [3.63, 3.8) is 0 Å². The summed E-state index contributed by atoms with van der Waals surface area (Å²) >= 11 is 3.73. The van der Waals surface area contributed by atoms with Crippen LogP contribution in [0.5, 0.6) is 0 Å². The predicted octanol–water partition coefficient (Wildman–Crippen LogP) is 4.27. The third kappa shape index (κ3) is 3.06. The molecule has 0 N–H and O–H groups in total. The second-order valence-corrected chi connectivity index (χ2v) is 13.0. The van der Waals surface area contributed by atoms with Crippen molar-refractivity contribution in [2.45, 2.75) is 24.0 Å². The van der Waals surface area contributed by atoms with Crippen LogP contribution < -0.4 is 0 Å². The Bertz CT molecular complexity index is 426. The summed E-state index contributed by atoms with van der Waals surface area (Å²) in [6.07, 6.45) is 0. The second-order valence-electron chi connectivity index (χ2n) is 4.80. The predicted molar refractivity (Wildman–Crippen MR) is 73.7 cm³/mol. The van der Waals surface area contributed by atoms with Crippen molar-refractivity contribution in [2.24, 2.45) is 0 Å². The average molecular weight is 253 g/mol. The maximum atomic E-state index is 4.62. The Kier molecular flexibility index (Phi) is 3.18. The third-order valence-electron chi connectivity index (χ3n) is 1.90. The van der Waals surface area contributed by atoms with Crippen molar-refractivity contribution in [3.05, 3.63) is 24.3 Å². The molecule has 0 fully saturated rings. The van der Waals surface area contributed by atoms with Crippen molar-refractivity contribution >= 4 is 41.4 Å². The first kappa shape index (κ1) is 11.2. The highest BCUT2D eigenvalue weighted by Crippen LogP contribution is 2.30. The molecule has 1 aromatic carbocycles. The van der Waals surface area contributed by atoms with Crippen LogP contribution in [-0.2, 0) is 0 Å². The fraction of sp³-hybridized carbons (Fsp3) is 0.364. The molecular weight excluding hydrogens is 238 g/mol. The van der Waals surface area contributed by atoms with Gasteiger partial charge in [-0.05, 0) is 17.5 Å². The van der Waals surface area contributed by atoms with Crippen LogP contribution in [0.1, 0.15) is 0 Å². The van der Waals surface area contributed by atoms with Crippen LogP contribution in [0, 0.1) is 0 Å². The van der Waals surface area contributed by atoms with E-state index in [1.54, 1.807) is 0 Å². The average Bonchev–Trinajstić information content (AvgIpc) is 2.56. The molecule has 2 rings (SSSR count). The highest BCUT2D eigenvalue weighted by molar-refractivity contribution is 8.02. The Morgan fingerprint density at radius 3 is 2.67 bits per heavy atom. The zero-order chi connectivity index (χ0) is 10.9. The molecular formula is C11H15NS2Si. The summed E-state index contributed by atoms with van der Waals surface area (Å²) in [6, 6.07) is 8.36. The van der Waals surface area contributed by atoms with Gasteiger partial charge in [-0.15, -0.1) is 11.3 Å². The zero-order valence-electron chi connectivity index (χ0n) is 9.28. The number of aromatic nitrogens is 1. The molecule has 1 heterocycles. The van der Waals surface area contributed by atoms with E-state index in [0.717, 1.165) is 5.52 Å². The van der Waals surface area contributed by atoms with Gasteiger partial charge >= 0.3 is 0 Å². The van der Waals surface area contributed by atoms with E-state index in [4.69, 9.17) is 0 Å². The van der Waals surface area contributed by atoms with E-state index >= 15 is 0 Å². The van der Waals surface area contributed by atoms with Crippen molar-refractivity contribution in [1.82, 2.24) is 4.98 Å². The fourth-order valence-corrected chi connectivity index (χ4v) is 5.31. The second kappa shape index (κ2) is 4.27. The van der Waals surface area contributed by atoms with Crippen LogP contribution in [0.2, 0.25) is 19.6 Å². The molecule has 0 aliphatic carbocycles. The molecule has 0 saturated carbocycles. The monoisotopic (exact) mass is 253 g/mol. The minimum Gasteiger partial charge on any atom is -0.230 e. The summed E-state index contributed by atoms with van der Waals surface area (Å²) in [5.41, 5.74) is 1.14. The SMILES string of the molecule is C[Si](C)(C)CSc1nc2ccccc2s1. The lowest BCUT2D eigenvalue weighted by Gasteiger charge is -2.12. The lowest BCUT2D eigenvalue weighted by Crippen LogP contribution is -2.23. The van der Waals surface area contributed by atoms with Gasteiger partial charge in [-0.1, -0.05) is 43.5 Å². The molecule has 0 radical (unpaired) electrons. The fourth-order valence-electron chi connectivity index (χ4n) is 1.19. The molecule has 0 saturated heterocycles. The summed E-state index contributed by atoms with van der Waals surface area (Å²) < 4.78 is 2.52. The molecule has 0 unspecified atom stereocenters. The van der Waals surface area contributed by atoms with E-state index in [1.165, 1.54) is 14.4 Å². The number of benzene rings is 1. The smallest absolute Gasteiger partial charge is 0.150 e. The molecule has 0 bridgehead atoms. The number of thioether (sulfide) groups is 1. The van der Waals surface area contributed by atoms with Gasteiger partial charge < -0.3 is 0 Å². The Morgan fingerprint density at radius 1 is 1.27 bits per heavy atom. The Morgan fingerprint density at radius 2 is 2.00 bits per heavy atom. The van der Waals surface area contributed by atoms with E-state index < -0.39 is 8.07 Å². The molecule has 0 aliphatic rings. The van der Waals surface area contributed by atoms with Gasteiger partial charge in [0.2, 0.25) is 0 Å². The normalized spacial score (nSPS) is 12.2. The van der Waals surface area contributed by atoms with Gasteiger partial charge in [-0.2, -0.15) is 0 Å². The highest BCUT2D eigenvalue weighted by atomic mass is 32.2. The number of hydrogen-bond acceptors (Lipinski definition) is 3. The van der Waals surface area contributed by atoms with Crippen molar-refractivity contribution in [1.29, 1.82) is 0 Å². The summed E-state index contributed by atoms with van der Waals surface area (Å²) in [5.74, 6) is 0. The van der Waals surface area contributed by atoms with Gasteiger partial charge in [0.05, 0.1) is 18.3 Å². The molecule has 0 aliphatic heterocycles. The van der Waals surface area contributed by atoms with Gasteiger partial charge in [-0.25, -0.2) is 4.98 Å². The van der Waals surface area contributed by atoms with Crippen LogP contribution in [0.4, 0.5) is 0 Å². The largest absolute Gasteiger partial charge is 0.230 e. The standard InChI is InChI=1S/C11H15NS2Si/c1-15(2,3)8-13-11-12-9-6-4-5-7-10(9)14-11/h4-7H,8H2,1-3H3. The minimum atomic E-state index is -0.959.